The van der Waals surface area contributed by atoms with Gasteiger partial charge in [-0.05, 0) is 53.4 Å². The summed E-state index contributed by atoms with van der Waals surface area (Å²) in [6, 6.07) is 0.902. The van der Waals surface area contributed by atoms with Crippen LogP contribution < -0.4 is 11.1 Å². The van der Waals surface area contributed by atoms with Crippen LogP contribution >= 0.6 is 0 Å². The van der Waals surface area contributed by atoms with Crippen LogP contribution in [0.1, 0.15) is 59.8 Å². The lowest BCUT2D eigenvalue weighted by atomic mass is 9.96. The molecule has 0 aromatic heterocycles. The SMILES string of the molecule is CC(CC(N)=O)NC1CC2CCC(C1)N2C(=O)OC(C)(C)C. The molecule has 0 saturated carbocycles. The second-order valence-corrected chi connectivity index (χ2v) is 7.68. The van der Waals surface area contributed by atoms with Gasteiger partial charge in [0, 0.05) is 30.6 Å². The lowest BCUT2D eigenvalue weighted by Gasteiger charge is -2.40. The first-order valence-corrected chi connectivity index (χ1v) is 8.21. The minimum atomic E-state index is -0.457. The molecule has 2 fully saturated rings. The van der Waals surface area contributed by atoms with Gasteiger partial charge in [-0.1, -0.05) is 0 Å². The summed E-state index contributed by atoms with van der Waals surface area (Å²) in [7, 11) is 0. The first-order chi connectivity index (χ1) is 10.2. The molecule has 3 N–H and O–H groups in total. The van der Waals surface area contributed by atoms with Gasteiger partial charge in [0.15, 0.2) is 0 Å². The zero-order valence-corrected chi connectivity index (χ0v) is 14.1. The number of amides is 2. The summed E-state index contributed by atoms with van der Waals surface area (Å²) in [4.78, 5) is 25.3. The van der Waals surface area contributed by atoms with E-state index in [-0.39, 0.29) is 30.1 Å². The van der Waals surface area contributed by atoms with Crippen LogP contribution in [0.25, 0.3) is 0 Å². The van der Waals surface area contributed by atoms with Crippen molar-refractivity contribution in [1.82, 2.24) is 10.2 Å². The zero-order chi connectivity index (χ0) is 16.5. The Morgan fingerprint density at radius 2 is 1.82 bits per heavy atom. The molecule has 3 atom stereocenters. The number of piperidine rings is 1. The van der Waals surface area contributed by atoms with Crippen LogP contribution in [0, 0.1) is 0 Å². The Kier molecular flexibility index (Phi) is 5.00. The predicted molar refractivity (Wildman–Crippen MR) is 84.3 cm³/mol. The molecular formula is C16H29N3O3. The second kappa shape index (κ2) is 6.44. The van der Waals surface area contributed by atoms with Crippen molar-refractivity contribution in [3.8, 4) is 0 Å². The molecule has 6 nitrogen and oxygen atoms in total. The topological polar surface area (TPSA) is 84.7 Å². The molecule has 2 bridgehead atoms. The first kappa shape index (κ1) is 17.1. The Morgan fingerprint density at radius 1 is 1.27 bits per heavy atom. The predicted octanol–water partition coefficient (Wildman–Crippen LogP) is 1.77. The summed E-state index contributed by atoms with van der Waals surface area (Å²) in [5, 5.41) is 3.48. The number of carbonyl (C=O) groups excluding carboxylic acids is 2. The molecule has 0 aliphatic carbocycles. The van der Waals surface area contributed by atoms with E-state index in [2.05, 4.69) is 5.32 Å². The Bertz CT molecular complexity index is 419. The summed E-state index contributed by atoms with van der Waals surface area (Å²) in [5.41, 5.74) is 4.78. The molecule has 0 radical (unpaired) electrons. The number of rotatable bonds is 4. The van der Waals surface area contributed by atoms with Gasteiger partial charge >= 0.3 is 6.09 Å². The molecule has 2 rings (SSSR count). The van der Waals surface area contributed by atoms with Gasteiger partial charge in [-0.3, -0.25) is 4.79 Å². The third-order valence-electron chi connectivity index (χ3n) is 4.36. The maximum Gasteiger partial charge on any atom is 0.410 e. The van der Waals surface area contributed by atoms with E-state index in [0.717, 1.165) is 25.7 Å². The summed E-state index contributed by atoms with van der Waals surface area (Å²) in [6.45, 7) is 7.67. The Morgan fingerprint density at radius 3 is 2.27 bits per heavy atom. The maximum absolute atomic E-state index is 12.4. The Hall–Kier alpha value is -1.30. The molecule has 0 aromatic rings. The fraction of sp³-hybridized carbons (Fsp3) is 0.875. The van der Waals surface area contributed by atoms with E-state index in [1.165, 1.54) is 0 Å². The standard InChI is InChI=1S/C16H29N3O3/c1-10(7-14(17)20)18-11-8-12-5-6-13(9-11)19(12)15(21)22-16(2,3)4/h10-13,18H,5-9H2,1-4H3,(H2,17,20). The van der Waals surface area contributed by atoms with Crippen LogP contribution in [0.2, 0.25) is 0 Å². The highest BCUT2D eigenvalue weighted by atomic mass is 16.6. The number of hydrogen-bond donors (Lipinski definition) is 2. The van der Waals surface area contributed by atoms with Gasteiger partial charge in [0.1, 0.15) is 5.60 Å². The lowest BCUT2D eigenvalue weighted by Crippen LogP contribution is -2.54. The molecule has 2 saturated heterocycles. The van der Waals surface area contributed by atoms with Gasteiger partial charge < -0.3 is 20.7 Å². The van der Waals surface area contributed by atoms with E-state index in [1.807, 2.05) is 32.6 Å². The molecule has 3 unspecified atom stereocenters. The van der Waals surface area contributed by atoms with E-state index >= 15 is 0 Å². The van der Waals surface area contributed by atoms with Crippen molar-refractivity contribution in [3.05, 3.63) is 0 Å². The molecule has 2 aliphatic heterocycles. The molecule has 2 amide bonds. The number of fused-ring (bicyclic) bond motifs is 2. The van der Waals surface area contributed by atoms with E-state index in [0.29, 0.717) is 12.5 Å². The number of hydrogen-bond acceptors (Lipinski definition) is 4. The largest absolute Gasteiger partial charge is 0.444 e. The van der Waals surface area contributed by atoms with Crippen LogP contribution in [0.4, 0.5) is 4.79 Å². The highest BCUT2D eigenvalue weighted by Gasteiger charge is 2.44. The Labute approximate surface area is 132 Å². The monoisotopic (exact) mass is 311 g/mol. The van der Waals surface area contributed by atoms with Crippen molar-refractivity contribution in [2.75, 3.05) is 0 Å². The van der Waals surface area contributed by atoms with Crippen molar-refractivity contribution in [1.29, 1.82) is 0 Å². The van der Waals surface area contributed by atoms with Crippen molar-refractivity contribution in [3.63, 3.8) is 0 Å². The average molecular weight is 311 g/mol. The Balaban J connectivity index is 1.91. The number of primary amides is 1. The fourth-order valence-corrected chi connectivity index (χ4v) is 3.69. The number of nitrogens with one attached hydrogen (secondary N) is 1. The smallest absolute Gasteiger partial charge is 0.410 e. The second-order valence-electron chi connectivity index (χ2n) is 7.68. The molecular weight excluding hydrogens is 282 g/mol. The summed E-state index contributed by atoms with van der Waals surface area (Å²) >= 11 is 0. The first-order valence-electron chi connectivity index (χ1n) is 8.21. The highest BCUT2D eigenvalue weighted by Crippen LogP contribution is 2.37. The lowest BCUT2D eigenvalue weighted by molar-refractivity contribution is -0.118. The zero-order valence-electron chi connectivity index (χ0n) is 14.1. The number of ether oxygens (including phenoxy) is 1. The van der Waals surface area contributed by atoms with Crippen LogP contribution in [0.3, 0.4) is 0 Å². The fourth-order valence-electron chi connectivity index (χ4n) is 3.69. The van der Waals surface area contributed by atoms with E-state index in [4.69, 9.17) is 10.5 Å². The third-order valence-corrected chi connectivity index (χ3v) is 4.36. The van der Waals surface area contributed by atoms with E-state index in [1.54, 1.807) is 0 Å². The number of nitrogens with two attached hydrogens (primary N) is 1. The quantitative estimate of drug-likeness (QED) is 0.828. The van der Waals surface area contributed by atoms with Crippen molar-refractivity contribution < 1.29 is 14.3 Å². The van der Waals surface area contributed by atoms with Crippen molar-refractivity contribution >= 4 is 12.0 Å². The molecule has 6 heteroatoms. The van der Waals surface area contributed by atoms with Crippen LogP contribution in [0.15, 0.2) is 0 Å². The minimum absolute atomic E-state index is 0.0787. The van der Waals surface area contributed by atoms with Gasteiger partial charge in [-0.15, -0.1) is 0 Å². The van der Waals surface area contributed by atoms with Gasteiger partial charge in [0.25, 0.3) is 0 Å². The number of carbonyl (C=O) groups is 2. The molecule has 0 aromatic carbocycles. The summed E-state index contributed by atoms with van der Waals surface area (Å²) < 4.78 is 5.53. The van der Waals surface area contributed by atoms with Crippen LogP contribution in [-0.2, 0) is 9.53 Å². The average Bonchev–Trinajstić information content (AvgIpc) is 2.58. The maximum atomic E-state index is 12.4. The van der Waals surface area contributed by atoms with E-state index < -0.39 is 5.60 Å². The molecule has 22 heavy (non-hydrogen) atoms. The number of nitrogens with zero attached hydrogens (tertiary/aromatic N) is 1. The van der Waals surface area contributed by atoms with Gasteiger partial charge in [-0.25, -0.2) is 4.79 Å². The molecule has 2 heterocycles. The molecule has 0 spiro atoms. The van der Waals surface area contributed by atoms with Crippen molar-refractivity contribution in [2.45, 2.75) is 89.6 Å². The molecule has 126 valence electrons. The van der Waals surface area contributed by atoms with Gasteiger partial charge in [-0.2, -0.15) is 0 Å². The van der Waals surface area contributed by atoms with Crippen molar-refractivity contribution in [2.24, 2.45) is 5.73 Å². The van der Waals surface area contributed by atoms with E-state index in [9.17, 15) is 9.59 Å². The summed E-state index contributed by atoms with van der Waals surface area (Å²) in [5.74, 6) is -0.283. The minimum Gasteiger partial charge on any atom is -0.444 e. The normalized spacial score (nSPS) is 29.3. The van der Waals surface area contributed by atoms with Crippen LogP contribution in [0.5, 0.6) is 0 Å². The van der Waals surface area contributed by atoms with Gasteiger partial charge in [0.05, 0.1) is 0 Å². The third kappa shape index (κ3) is 4.35. The summed E-state index contributed by atoms with van der Waals surface area (Å²) in [6.07, 6.45) is 4.06. The van der Waals surface area contributed by atoms with Crippen LogP contribution in [-0.4, -0.2) is 46.7 Å². The molecule has 2 aliphatic rings. The van der Waals surface area contributed by atoms with Gasteiger partial charge in [0.2, 0.25) is 5.91 Å². The highest BCUT2D eigenvalue weighted by molar-refractivity contribution is 5.74.